The molecule has 0 spiro atoms. The molecule has 1 aromatic rings. The van der Waals surface area contributed by atoms with Crippen LogP contribution in [0.1, 0.15) is 11.9 Å². The summed E-state index contributed by atoms with van der Waals surface area (Å²) in [6, 6.07) is 0. The second kappa shape index (κ2) is 3.53. The summed E-state index contributed by atoms with van der Waals surface area (Å²) in [5.74, 6) is -0.227. The molecule has 0 radical (unpaired) electrons. The van der Waals surface area contributed by atoms with Gasteiger partial charge in [0.15, 0.2) is 5.01 Å². The normalized spacial score (nSPS) is 33.8. The van der Waals surface area contributed by atoms with Crippen molar-refractivity contribution in [3.63, 3.8) is 0 Å². The lowest BCUT2D eigenvalue weighted by Gasteiger charge is -2.19. The van der Waals surface area contributed by atoms with Gasteiger partial charge in [0.1, 0.15) is 0 Å². The standard InChI is InChI=1S/C8H10ClNO2S/c1-8(7-10-2-3-13-7)11-5-6(4-9)12-8/h2-3,6H,4-5H2,1H3. The lowest BCUT2D eigenvalue weighted by Crippen LogP contribution is -2.23. The number of thiazole rings is 1. The Bertz CT molecular complexity index is 280. The summed E-state index contributed by atoms with van der Waals surface area (Å²) < 4.78 is 11.2. The Kier molecular flexibility index (Phi) is 2.55. The first kappa shape index (κ1) is 9.40. The van der Waals surface area contributed by atoms with Gasteiger partial charge in [-0.15, -0.1) is 22.9 Å². The summed E-state index contributed by atoms with van der Waals surface area (Å²) in [6.07, 6.45) is 1.72. The van der Waals surface area contributed by atoms with Crippen LogP contribution in [0.4, 0.5) is 0 Å². The summed E-state index contributed by atoms with van der Waals surface area (Å²) in [4.78, 5) is 4.16. The van der Waals surface area contributed by atoms with E-state index in [1.54, 1.807) is 6.20 Å². The van der Waals surface area contributed by atoms with Gasteiger partial charge in [0.05, 0.1) is 18.6 Å². The van der Waals surface area contributed by atoms with Crippen molar-refractivity contribution >= 4 is 22.9 Å². The van der Waals surface area contributed by atoms with E-state index in [0.29, 0.717) is 12.5 Å². The lowest BCUT2D eigenvalue weighted by molar-refractivity contribution is -0.159. The Morgan fingerprint density at radius 3 is 3.23 bits per heavy atom. The summed E-state index contributed by atoms with van der Waals surface area (Å²) in [5.41, 5.74) is 0. The molecule has 1 saturated heterocycles. The second-order valence-electron chi connectivity index (χ2n) is 2.99. The van der Waals surface area contributed by atoms with Crippen molar-refractivity contribution in [3.05, 3.63) is 16.6 Å². The molecule has 2 unspecified atom stereocenters. The zero-order chi connectivity index (χ0) is 9.31. The highest BCUT2D eigenvalue weighted by Crippen LogP contribution is 2.34. The summed E-state index contributed by atoms with van der Waals surface area (Å²) in [7, 11) is 0. The first-order valence-corrected chi connectivity index (χ1v) is 5.44. The monoisotopic (exact) mass is 219 g/mol. The Labute approximate surface area is 85.6 Å². The number of rotatable bonds is 2. The minimum Gasteiger partial charge on any atom is -0.341 e. The number of ether oxygens (including phenoxy) is 2. The first-order valence-electron chi connectivity index (χ1n) is 4.02. The molecular weight excluding hydrogens is 210 g/mol. The van der Waals surface area contributed by atoms with Crippen molar-refractivity contribution in [2.75, 3.05) is 12.5 Å². The van der Waals surface area contributed by atoms with Crippen molar-refractivity contribution in [1.29, 1.82) is 0 Å². The molecule has 0 saturated carbocycles. The third kappa shape index (κ3) is 1.72. The average Bonchev–Trinajstić information content (AvgIpc) is 2.72. The van der Waals surface area contributed by atoms with E-state index in [1.807, 2.05) is 12.3 Å². The maximum Gasteiger partial charge on any atom is 0.219 e. The van der Waals surface area contributed by atoms with Crippen molar-refractivity contribution in [2.24, 2.45) is 0 Å². The Hall–Kier alpha value is -0.160. The zero-order valence-electron chi connectivity index (χ0n) is 7.20. The molecule has 0 aromatic carbocycles. The molecule has 2 heterocycles. The van der Waals surface area contributed by atoms with E-state index >= 15 is 0 Å². The smallest absolute Gasteiger partial charge is 0.219 e. The maximum absolute atomic E-state index is 5.67. The highest BCUT2D eigenvalue weighted by Gasteiger charge is 2.40. The first-order chi connectivity index (χ1) is 6.24. The van der Waals surface area contributed by atoms with Gasteiger partial charge in [-0.05, 0) is 6.92 Å². The van der Waals surface area contributed by atoms with Gasteiger partial charge in [0, 0.05) is 11.6 Å². The van der Waals surface area contributed by atoms with Crippen molar-refractivity contribution < 1.29 is 9.47 Å². The molecule has 72 valence electrons. The van der Waals surface area contributed by atoms with Gasteiger partial charge >= 0.3 is 0 Å². The number of alkyl halides is 1. The van der Waals surface area contributed by atoms with Gasteiger partial charge in [-0.3, -0.25) is 0 Å². The van der Waals surface area contributed by atoms with Gasteiger partial charge in [-0.25, -0.2) is 4.98 Å². The Morgan fingerprint density at radius 2 is 2.69 bits per heavy atom. The van der Waals surface area contributed by atoms with Crippen molar-refractivity contribution in [2.45, 2.75) is 18.8 Å². The minimum absolute atomic E-state index is 0.0180. The van der Waals surface area contributed by atoms with Crippen molar-refractivity contribution in [1.82, 2.24) is 4.98 Å². The van der Waals surface area contributed by atoms with Gasteiger partial charge in [-0.1, -0.05) is 0 Å². The van der Waals surface area contributed by atoms with E-state index < -0.39 is 5.79 Å². The zero-order valence-corrected chi connectivity index (χ0v) is 8.77. The van der Waals surface area contributed by atoms with E-state index in [9.17, 15) is 0 Å². The Balaban J connectivity index is 2.15. The molecule has 13 heavy (non-hydrogen) atoms. The van der Waals surface area contributed by atoms with Crippen LogP contribution >= 0.6 is 22.9 Å². The molecule has 2 rings (SSSR count). The van der Waals surface area contributed by atoms with Crippen LogP contribution in [-0.4, -0.2) is 23.6 Å². The molecule has 1 fully saturated rings. The fourth-order valence-electron chi connectivity index (χ4n) is 1.27. The van der Waals surface area contributed by atoms with E-state index in [-0.39, 0.29) is 6.10 Å². The van der Waals surface area contributed by atoms with E-state index in [2.05, 4.69) is 4.98 Å². The van der Waals surface area contributed by atoms with Crippen LogP contribution < -0.4 is 0 Å². The third-order valence-electron chi connectivity index (χ3n) is 1.93. The van der Waals surface area contributed by atoms with Gasteiger partial charge in [0.25, 0.3) is 0 Å². The molecule has 0 aliphatic carbocycles. The number of hydrogen-bond acceptors (Lipinski definition) is 4. The summed E-state index contributed by atoms with van der Waals surface area (Å²) in [6.45, 7) is 2.41. The predicted octanol–water partition coefficient (Wildman–Crippen LogP) is 1.97. The minimum atomic E-state index is -0.687. The van der Waals surface area contributed by atoms with Gasteiger partial charge < -0.3 is 9.47 Å². The third-order valence-corrected chi connectivity index (χ3v) is 3.23. The molecule has 1 aromatic heterocycles. The van der Waals surface area contributed by atoms with Gasteiger partial charge in [-0.2, -0.15) is 0 Å². The Morgan fingerprint density at radius 1 is 1.85 bits per heavy atom. The van der Waals surface area contributed by atoms with Crippen LogP contribution in [0.25, 0.3) is 0 Å². The molecule has 5 heteroatoms. The maximum atomic E-state index is 5.67. The van der Waals surface area contributed by atoms with Crippen LogP contribution in [0.15, 0.2) is 11.6 Å². The second-order valence-corrected chi connectivity index (χ2v) is 4.19. The van der Waals surface area contributed by atoms with Crippen LogP contribution in [0, 0.1) is 0 Å². The molecular formula is C8H10ClNO2S. The number of halogens is 1. The van der Waals surface area contributed by atoms with E-state index in [0.717, 1.165) is 5.01 Å². The predicted molar refractivity (Wildman–Crippen MR) is 51.0 cm³/mol. The van der Waals surface area contributed by atoms with Crippen LogP contribution in [0.5, 0.6) is 0 Å². The quantitative estimate of drug-likeness (QED) is 0.713. The molecule has 0 amide bonds. The number of nitrogens with zero attached hydrogens (tertiary/aromatic N) is 1. The van der Waals surface area contributed by atoms with E-state index in [1.165, 1.54) is 11.3 Å². The van der Waals surface area contributed by atoms with Crippen molar-refractivity contribution in [3.8, 4) is 0 Å². The molecule has 2 atom stereocenters. The molecule has 0 bridgehead atoms. The average molecular weight is 220 g/mol. The van der Waals surface area contributed by atoms with Crippen LogP contribution in [0.3, 0.4) is 0 Å². The largest absolute Gasteiger partial charge is 0.341 e. The number of hydrogen-bond donors (Lipinski definition) is 0. The number of aromatic nitrogens is 1. The fourth-order valence-corrected chi connectivity index (χ4v) is 2.12. The summed E-state index contributed by atoms with van der Waals surface area (Å²) >= 11 is 7.20. The molecule has 1 aliphatic heterocycles. The van der Waals surface area contributed by atoms with Gasteiger partial charge in [0.2, 0.25) is 5.79 Å². The molecule has 0 N–H and O–H groups in total. The van der Waals surface area contributed by atoms with Crippen LogP contribution in [-0.2, 0) is 15.3 Å². The highest BCUT2D eigenvalue weighted by molar-refractivity contribution is 7.09. The van der Waals surface area contributed by atoms with E-state index in [4.69, 9.17) is 21.1 Å². The fraction of sp³-hybridized carbons (Fsp3) is 0.625. The lowest BCUT2D eigenvalue weighted by atomic mass is 10.3. The highest BCUT2D eigenvalue weighted by atomic mass is 35.5. The molecule has 3 nitrogen and oxygen atoms in total. The SMILES string of the molecule is CC1(c2nccs2)OCC(CCl)O1. The van der Waals surface area contributed by atoms with Crippen LogP contribution in [0.2, 0.25) is 0 Å². The topological polar surface area (TPSA) is 31.4 Å². The summed E-state index contributed by atoms with van der Waals surface area (Å²) in [5, 5.41) is 2.75. The molecule has 1 aliphatic rings.